The zero-order valence-corrected chi connectivity index (χ0v) is 11.7. The summed E-state index contributed by atoms with van der Waals surface area (Å²) in [5.74, 6) is 0.180. The van der Waals surface area contributed by atoms with E-state index in [-0.39, 0.29) is 12.4 Å². The molecule has 0 saturated carbocycles. The number of halogens is 3. The molecule has 1 aromatic heterocycles. The van der Waals surface area contributed by atoms with E-state index in [1.54, 1.807) is 30.5 Å². The van der Waals surface area contributed by atoms with Crippen LogP contribution in [0.4, 0.5) is 8.78 Å². The molecule has 0 spiro atoms. The molecule has 0 bridgehead atoms. The minimum absolute atomic E-state index is 0.0263. The summed E-state index contributed by atoms with van der Waals surface area (Å²) in [6.45, 7) is -0.595. The van der Waals surface area contributed by atoms with Gasteiger partial charge in [0.15, 0.2) is 0 Å². The van der Waals surface area contributed by atoms with Gasteiger partial charge >= 0.3 is 0 Å². The lowest BCUT2D eigenvalue weighted by Gasteiger charge is -2.09. The van der Waals surface area contributed by atoms with Crippen molar-refractivity contribution < 1.29 is 13.5 Å². The van der Waals surface area contributed by atoms with Crippen molar-refractivity contribution in [3.63, 3.8) is 0 Å². The van der Waals surface area contributed by atoms with E-state index in [1.807, 2.05) is 0 Å². The van der Waals surface area contributed by atoms with Crippen molar-refractivity contribution in [3.8, 4) is 5.75 Å². The molecule has 0 amide bonds. The van der Waals surface area contributed by atoms with Crippen molar-refractivity contribution in [2.24, 2.45) is 0 Å². The Morgan fingerprint density at radius 1 is 1.26 bits per heavy atom. The molecule has 0 aliphatic rings. The molecule has 19 heavy (non-hydrogen) atoms. The van der Waals surface area contributed by atoms with Gasteiger partial charge in [-0.2, -0.15) is 0 Å². The maximum atomic E-state index is 13.8. The van der Waals surface area contributed by atoms with Crippen molar-refractivity contribution in [1.82, 2.24) is 4.98 Å². The maximum absolute atomic E-state index is 13.8. The second-order valence-electron chi connectivity index (χ2n) is 3.90. The smallest absolute Gasteiger partial charge is 0.141 e. The van der Waals surface area contributed by atoms with E-state index in [4.69, 9.17) is 4.74 Å². The van der Waals surface area contributed by atoms with E-state index in [0.717, 1.165) is 0 Å². The topological polar surface area (TPSA) is 22.1 Å². The average molecular weight is 328 g/mol. The summed E-state index contributed by atoms with van der Waals surface area (Å²) in [6, 6.07) is 8.26. The van der Waals surface area contributed by atoms with E-state index in [1.165, 1.54) is 6.07 Å². The molecule has 2 aromatic rings. The van der Waals surface area contributed by atoms with Crippen LogP contribution in [0.5, 0.6) is 5.75 Å². The SMILES string of the molecule is FCCOc1cccnc1Cc1ccc(Br)cc1F. The standard InChI is InChI=1S/C14H12BrF2NO/c15-11-4-3-10(12(17)9-11)8-13-14(19-7-5-16)2-1-6-18-13/h1-4,6,9H,5,7-8H2. The lowest BCUT2D eigenvalue weighted by molar-refractivity contribution is 0.270. The van der Waals surface area contributed by atoms with Crippen LogP contribution in [0.2, 0.25) is 0 Å². The minimum atomic E-state index is -0.568. The molecule has 0 N–H and O–H groups in total. The number of ether oxygens (including phenoxy) is 1. The first-order chi connectivity index (χ1) is 9.20. The number of hydrogen-bond acceptors (Lipinski definition) is 2. The lowest BCUT2D eigenvalue weighted by atomic mass is 10.1. The highest BCUT2D eigenvalue weighted by atomic mass is 79.9. The van der Waals surface area contributed by atoms with E-state index in [0.29, 0.717) is 27.9 Å². The number of aromatic nitrogens is 1. The molecule has 0 aliphatic heterocycles. The van der Waals surface area contributed by atoms with Crippen molar-refractivity contribution in [1.29, 1.82) is 0 Å². The summed E-state index contributed by atoms with van der Waals surface area (Å²) in [4.78, 5) is 4.16. The molecule has 5 heteroatoms. The van der Waals surface area contributed by atoms with Gasteiger partial charge in [-0.15, -0.1) is 0 Å². The van der Waals surface area contributed by atoms with Crippen LogP contribution in [-0.2, 0) is 6.42 Å². The van der Waals surface area contributed by atoms with Gasteiger partial charge in [-0.25, -0.2) is 8.78 Å². The Labute approximate surface area is 118 Å². The Morgan fingerprint density at radius 3 is 2.84 bits per heavy atom. The van der Waals surface area contributed by atoms with Gasteiger partial charge in [-0.1, -0.05) is 22.0 Å². The Hall–Kier alpha value is -1.49. The van der Waals surface area contributed by atoms with Crippen molar-refractivity contribution >= 4 is 15.9 Å². The molecular formula is C14H12BrF2NO. The molecule has 0 unspecified atom stereocenters. The molecule has 0 atom stereocenters. The van der Waals surface area contributed by atoms with Gasteiger partial charge in [0.25, 0.3) is 0 Å². The molecule has 2 rings (SSSR count). The summed E-state index contributed by atoms with van der Waals surface area (Å²) >= 11 is 3.21. The molecule has 1 aromatic carbocycles. The second kappa shape index (κ2) is 6.61. The van der Waals surface area contributed by atoms with Crippen LogP contribution in [0.3, 0.4) is 0 Å². The molecule has 100 valence electrons. The zero-order chi connectivity index (χ0) is 13.7. The normalized spacial score (nSPS) is 10.5. The Balaban J connectivity index is 2.22. The van der Waals surface area contributed by atoms with Gasteiger partial charge < -0.3 is 4.74 Å². The Kier molecular flexibility index (Phi) is 4.85. The summed E-state index contributed by atoms with van der Waals surface area (Å²) in [5, 5.41) is 0. The number of rotatable bonds is 5. The highest BCUT2D eigenvalue weighted by Crippen LogP contribution is 2.22. The van der Waals surface area contributed by atoms with Gasteiger partial charge in [-0.3, -0.25) is 4.98 Å². The molecular weight excluding hydrogens is 316 g/mol. The average Bonchev–Trinajstić information content (AvgIpc) is 2.41. The van der Waals surface area contributed by atoms with Crippen LogP contribution < -0.4 is 4.74 Å². The quantitative estimate of drug-likeness (QED) is 0.830. The largest absolute Gasteiger partial charge is 0.489 e. The van der Waals surface area contributed by atoms with Crippen LogP contribution in [0, 0.1) is 5.82 Å². The van der Waals surface area contributed by atoms with Gasteiger partial charge in [-0.05, 0) is 29.8 Å². The van der Waals surface area contributed by atoms with Gasteiger partial charge in [0.05, 0.1) is 5.69 Å². The summed E-state index contributed by atoms with van der Waals surface area (Å²) in [5.41, 5.74) is 1.11. The van der Waals surface area contributed by atoms with E-state index < -0.39 is 6.67 Å². The van der Waals surface area contributed by atoms with Crippen LogP contribution in [0.25, 0.3) is 0 Å². The fraction of sp³-hybridized carbons (Fsp3) is 0.214. The van der Waals surface area contributed by atoms with Crippen LogP contribution in [-0.4, -0.2) is 18.3 Å². The molecule has 2 nitrogen and oxygen atoms in total. The number of alkyl halides is 1. The predicted molar refractivity (Wildman–Crippen MR) is 72.6 cm³/mol. The number of pyridine rings is 1. The van der Waals surface area contributed by atoms with E-state index in [2.05, 4.69) is 20.9 Å². The van der Waals surface area contributed by atoms with Crippen molar-refractivity contribution in [3.05, 3.63) is 58.1 Å². The molecule has 0 aliphatic carbocycles. The van der Waals surface area contributed by atoms with Crippen LogP contribution in [0.1, 0.15) is 11.3 Å². The van der Waals surface area contributed by atoms with Gasteiger partial charge in [0, 0.05) is 17.1 Å². The summed E-state index contributed by atoms with van der Waals surface area (Å²) < 4.78 is 31.8. The van der Waals surface area contributed by atoms with Gasteiger partial charge in [0.1, 0.15) is 24.8 Å². The molecule has 0 radical (unpaired) electrons. The molecule has 0 fully saturated rings. The van der Waals surface area contributed by atoms with Gasteiger partial charge in [0.2, 0.25) is 0 Å². The van der Waals surface area contributed by atoms with Crippen LogP contribution in [0.15, 0.2) is 41.0 Å². The highest BCUT2D eigenvalue weighted by molar-refractivity contribution is 9.10. The minimum Gasteiger partial charge on any atom is -0.489 e. The zero-order valence-electron chi connectivity index (χ0n) is 10.1. The third-order valence-corrected chi connectivity index (χ3v) is 3.05. The predicted octanol–water partition coefficient (Wildman–Crippen LogP) is 3.92. The highest BCUT2D eigenvalue weighted by Gasteiger charge is 2.09. The maximum Gasteiger partial charge on any atom is 0.141 e. The van der Waals surface area contributed by atoms with E-state index >= 15 is 0 Å². The third kappa shape index (κ3) is 3.73. The Morgan fingerprint density at radius 2 is 2.11 bits per heavy atom. The fourth-order valence-electron chi connectivity index (χ4n) is 1.68. The summed E-state index contributed by atoms with van der Waals surface area (Å²) in [6.07, 6.45) is 1.91. The fourth-order valence-corrected chi connectivity index (χ4v) is 2.01. The monoisotopic (exact) mass is 327 g/mol. The van der Waals surface area contributed by atoms with E-state index in [9.17, 15) is 8.78 Å². The van der Waals surface area contributed by atoms with Crippen molar-refractivity contribution in [2.75, 3.05) is 13.3 Å². The number of nitrogens with zero attached hydrogens (tertiary/aromatic N) is 1. The Bertz CT molecular complexity index is 563. The lowest BCUT2D eigenvalue weighted by Crippen LogP contribution is -2.04. The number of benzene rings is 1. The first kappa shape index (κ1) is 13.9. The third-order valence-electron chi connectivity index (χ3n) is 2.56. The molecule has 0 saturated heterocycles. The second-order valence-corrected chi connectivity index (χ2v) is 4.81. The first-order valence-corrected chi connectivity index (χ1v) is 6.56. The number of hydrogen-bond donors (Lipinski definition) is 0. The molecule has 1 heterocycles. The van der Waals surface area contributed by atoms with Crippen molar-refractivity contribution in [2.45, 2.75) is 6.42 Å². The van der Waals surface area contributed by atoms with Crippen LogP contribution >= 0.6 is 15.9 Å². The first-order valence-electron chi connectivity index (χ1n) is 5.77. The summed E-state index contributed by atoms with van der Waals surface area (Å²) in [7, 11) is 0.